The van der Waals surface area contributed by atoms with Gasteiger partial charge < -0.3 is 20.1 Å². The van der Waals surface area contributed by atoms with Gasteiger partial charge in [-0.3, -0.25) is 14.5 Å². The van der Waals surface area contributed by atoms with Gasteiger partial charge in [-0.25, -0.2) is 4.79 Å². The Balaban J connectivity index is 1.66. The Morgan fingerprint density at radius 2 is 1.83 bits per heavy atom. The van der Waals surface area contributed by atoms with Crippen LogP contribution < -0.4 is 20.1 Å². The van der Waals surface area contributed by atoms with Crippen molar-refractivity contribution in [2.24, 2.45) is 0 Å². The van der Waals surface area contributed by atoms with Crippen molar-refractivity contribution in [2.45, 2.75) is 19.0 Å². The molecule has 0 aliphatic carbocycles. The first kappa shape index (κ1) is 21.6. The number of imide groups is 1. The van der Waals surface area contributed by atoms with Gasteiger partial charge in [-0.2, -0.15) is 0 Å². The fourth-order valence-corrected chi connectivity index (χ4v) is 3.96. The van der Waals surface area contributed by atoms with Gasteiger partial charge in [0.2, 0.25) is 5.91 Å². The van der Waals surface area contributed by atoms with Crippen molar-refractivity contribution in [3.05, 3.63) is 58.1 Å². The van der Waals surface area contributed by atoms with Crippen molar-refractivity contribution in [3.63, 3.8) is 0 Å². The van der Waals surface area contributed by atoms with Gasteiger partial charge >= 0.3 is 6.03 Å². The van der Waals surface area contributed by atoms with Crippen molar-refractivity contribution < 1.29 is 23.9 Å². The fraction of sp³-hybridized carbons (Fsp3) is 0.286. The van der Waals surface area contributed by atoms with E-state index in [4.69, 9.17) is 9.47 Å². The predicted octanol–water partition coefficient (Wildman–Crippen LogP) is 2.55. The van der Waals surface area contributed by atoms with Crippen molar-refractivity contribution in [1.29, 1.82) is 0 Å². The van der Waals surface area contributed by atoms with Crippen LogP contribution >= 0.6 is 15.9 Å². The molecule has 1 saturated heterocycles. The number of carbonyl (C=O) groups is 3. The summed E-state index contributed by atoms with van der Waals surface area (Å²) in [6.45, 7) is 1.46. The molecular weight excluding hydrogens is 454 g/mol. The number of nitrogens with zero attached hydrogens (tertiary/aromatic N) is 1. The molecular formula is C21H22BrN3O5. The van der Waals surface area contributed by atoms with E-state index in [0.717, 1.165) is 10.5 Å². The highest BCUT2D eigenvalue weighted by Crippen LogP contribution is 2.33. The van der Waals surface area contributed by atoms with E-state index < -0.39 is 23.4 Å². The fourth-order valence-electron chi connectivity index (χ4n) is 3.28. The molecule has 9 heteroatoms. The molecule has 1 aliphatic rings. The average molecular weight is 476 g/mol. The maximum absolute atomic E-state index is 13.0. The first-order valence-corrected chi connectivity index (χ1v) is 9.96. The lowest BCUT2D eigenvalue weighted by Crippen LogP contribution is -2.43. The van der Waals surface area contributed by atoms with E-state index in [0.29, 0.717) is 21.5 Å². The van der Waals surface area contributed by atoms with E-state index >= 15 is 0 Å². The molecule has 1 unspecified atom stereocenters. The third-order valence-corrected chi connectivity index (χ3v) is 5.62. The number of hydrogen-bond acceptors (Lipinski definition) is 5. The number of hydrogen-bond donors (Lipinski definition) is 2. The standard InChI is InChI=1S/C21H22BrN3O5/c1-21(14-6-4-5-7-15(14)22)19(27)25(20(28)24-21)12-18(26)23-11-13-8-9-16(29-2)17(10-13)30-3/h4-10H,11-12H2,1-3H3,(H,23,26)(H,24,28). The second-order valence-corrected chi connectivity index (χ2v) is 7.75. The van der Waals surface area contributed by atoms with Crippen LogP contribution in [0.1, 0.15) is 18.1 Å². The minimum absolute atomic E-state index is 0.213. The quantitative estimate of drug-likeness (QED) is 0.599. The summed E-state index contributed by atoms with van der Waals surface area (Å²) >= 11 is 3.41. The number of amides is 4. The molecule has 0 radical (unpaired) electrons. The van der Waals surface area contributed by atoms with Crippen LogP contribution in [0, 0.1) is 0 Å². The lowest BCUT2D eigenvalue weighted by Gasteiger charge is -2.23. The van der Waals surface area contributed by atoms with Crippen molar-refractivity contribution in [2.75, 3.05) is 20.8 Å². The third kappa shape index (κ3) is 4.11. The van der Waals surface area contributed by atoms with Crippen LogP contribution in [-0.4, -0.2) is 43.5 Å². The van der Waals surface area contributed by atoms with Gasteiger partial charge in [-0.15, -0.1) is 0 Å². The highest BCUT2D eigenvalue weighted by molar-refractivity contribution is 9.10. The molecule has 2 aromatic carbocycles. The number of urea groups is 1. The highest BCUT2D eigenvalue weighted by Gasteiger charge is 2.50. The summed E-state index contributed by atoms with van der Waals surface area (Å²) in [5, 5.41) is 5.41. The molecule has 0 spiro atoms. The summed E-state index contributed by atoms with van der Waals surface area (Å²) in [6, 6.07) is 11.8. The average Bonchev–Trinajstić information content (AvgIpc) is 2.96. The van der Waals surface area contributed by atoms with E-state index in [9.17, 15) is 14.4 Å². The zero-order chi connectivity index (χ0) is 21.9. The van der Waals surface area contributed by atoms with Crippen molar-refractivity contribution in [1.82, 2.24) is 15.5 Å². The first-order chi connectivity index (χ1) is 14.3. The molecule has 0 aromatic heterocycles. The van der Waals surface area contributed by atoms with Gasteiger partial charge in [0.1, 0.15) is 12.1 Å². The highest BCUT2D eigenvalue weighted by atomic mass is 79.9. The minimum atomic E-state index is -1.25. The molecule has 1 heterocycles. The molecule has 3 rings (SSSR count). The van der Waals surface area contributed by atoms with Crippen LogP contribution in [0.3, 0.4) is 0 Å². The van der Waals surface area contributed by atoms with E-state index in [1.165, 1.54) is 7.11 Å². The summed E-state index contributed by atoms with van der Waals surface area (Å²) in [4.78, 5) is 38.7. The van der Waals surface area contributed by atoms with Gasteiger partial charge in [0.05, 0.1) is 14.2 Å². The van der Waals surface area contributed by atoms with Gasteiger partial charge in [0.25, 0.3) is 5.91 Å². The molecule has 1 aliphatic heterocycles. The van der Waals surface area contributed by atoms with Gasteiger partial charge in [-0.1, -0.05) is 40.2 Å². The maximum atomic E-state index is 13.0. The molecule has 0 saturated carbocycles. The monoisotopic (exact) mass is 475 g/mol. The maximum Gasteiger partial charge on any atom is 0.325 e. The third-order valence-electron chi connectivity index (χ3n) is 4.93. The molecule has 30 heavy (non-hydrogen) atoms. The molecule has 1 atom stereocenters. The largest absolute Gasteiger partial charge is 0.493 e. The summed E-state index contributed by atoms with van der Waals surface area (Å²) in [5.41, 5.74) is 0.161. The van der Waals surface area contributed by atoms with E-state index in [-0.39, 0.29) is 13.1 Å². The summed E-state index contributed by atoms with van der Waals surface area (Å²) in [5.74, 6) is 0.186. The number of benzene rings is 2. The molecule has 4 amide bonds. The Labute approximate surface area is 182 Å². The molecule has 8 nitrogen and oxygen atoms in total. The number of nitrogens with one attached hydrogen (secondary N) is 2. The Hall–Kier alpha value is -3.07. The molecule has 2 N–H and O–H groups in total. The van der Waals surface area contributed by atoms with Gasteiger partial charge in [-0.05, 0) is 30.7 Å². The smallest absolute Gasteiger partial charge is 0.325 e. The van der Waals surface area contributed by atoms with Crippen LogP contribution in [0.5, 0.6) is 11.5 Å². The van der Waals surface area contributed by atoms with Gasteiger partial charge in [0, 0.05) is 16.6 Å². The van der Waals surface area contributed by atoms with Crippen molar-refractivity contribution in [3.8, 4) is 11.5 Å². The second-order valence-electron chi connectivity index (χ2n) is 6.89. The second kappa shape index (κ2) is 8.74. The predicted molar refractivity (Wildman–Crippen MR) is 113 cm³/mol. The van der Waals surface area contributed by atoms with Crippen LogP contribution in [-0.2, 0) is 21.7 Å². The molecule has 2 aromatic rings. The van der Waals surface area contributed by atoms with Crippen molar-refractivity contribution >= 4 is 33.8 Å². The van der Waals surface area contributed by atoms with Crippen LogP contribution in [0.25, 0.3) is 0 Å². The van der Waals surface area contributed by atoms with E-state index in [2.05, 4.69) is 26.6 Å². The van der Waals surface area contributed by atoms with Crippen LogP contribution in [0.2, 0.25) is 0 Å². The Kier molecular flexibility index (Phi) is 6.31. The molecule has 0 bridgehead atoms. The van der Waals surface area contributed by atoms with Crippen LogP contribution in [0.4, 0.5) is 4.79 Å². The van der Waals surface area contributed by atoms with E-state index in [1.807, 2.05) is 6.07 Å². The number of ether oxygens (including phenoxy) is 2. The minimum Gasteiger partial charge on any atom is -0.493 e. The molecule has 158 valence electrons. The Bertz CT molecular complexity index is 996. The normalized spacial score (nSPS) is 18.2. The van der Waals surface area contributed by atoms with Gasteiger partial charge in [0.15, 0.2) is 11.5 Å². The Morgan fingerprint density at radius 3 is 2.50 bits per heavy atom. The lowest BCUT2D eigenvalue weighted by molar-refractivity contribution is -0.134. The molecule has 1 fully saturated rings. The number of halogens is 1. The summed E-state index contributed by atoms with van der Waals surface area (Å²) < 4.78 is 11.1. The zero-order valence-corrected chi connectivity index (χ0v) is 18.4. The van der Waals surface area contributed by atoms with Crippen LogP contribution in [0.15, 0.2) is 46.9 Å². The summed E-state index contributed by atoms with van der Waals surface area (Å²) in [7, 11) is 3.07. The number of rotatable bonds is 7. The van der Waals surface area contributed by atoms with E-state index in [1.54, 1.807) is 50.4 Å². The zero-order valence-electron chi connectivity index (χ0n) is 16.8. The Morgan fingerprint density at radius 1 is 1.13 bits per heavy atom. The lowest BCUT2D eigenvalue weighted by atomic mass is 9.92. The number of carbonyl (C=O) groups excluding carboxylic acids is 3. The topological polar surface area (TPSA) is 97.0 Å². The SMILES string of the molecule is COc1ccc(CNC(=O)CN2C(=O)NC(C)(c3ccccc3Br)C2=O)cc1OC. The summed E-state index contributed by atoms with van der Waals surface area (Å²) in [6.07, 6.45) is 0. The number of methoxy groups -OCH3 is 2. The first-order valence-electron chi connectivity index (χ1n) is 9.17.